The van der Waals surface area contributed by atoms with Crippen LogP contribution in [0.2, 0.25) is 10.0 Å². The van der Waals surface area contributed by atoms with Crippen molar-refractivity contribution in [2.45, 2.75) is 19.4 Å². The Morgan fingerprint density at radius 2 is 1.81 bits per heavy atom. The normalized spacial score (nSPS) is 12.3. The van der Waals surface area contributed by atoms with Gasteiger partial charge in [-0.3, -0.25) is 0 Å². The maximum Gasteiger partial charge on any atom is 0.162 e. The number of hydrogen-bond donors (Lipinski definition) is 1. The first-order chi connectivity index (χ1) is 7.58. The van der Waals surface area contributed by atoms with Gasteiger partial charge in [0.2, 0.25) is 0 Å². The molecular weight excluding hydrogens is 251 g/mol. The van der Waals surface area contributed by atoms with Crippen molar-refractivity contribution in [3.05, 3.63) is 22.2 Å². The molecule has 0 saturated carbocycles. The summed E-state index contributed by atoms with van der Waals surface area (Å²) in [7, 11) is 1.52. The summed E-state index contributed by atoms with van der Waals surface area (Å²) in [4.78, 5) is 0. The summed E-state index contributed by atoms with van der Waals surface area (Å²) >= 11 is 11.7. The SMILES string of the molecule is CCC(O)COc1cc(Cl)c(Cl)cc1OC. The third kappa shape index (κ3) is 3.44. The third-order valence-electron chi connectivity index (χ3n) is 2.11. The van der Waals surface area contributed by atoms with Crippen LogP contribution in [-0.2, 0) is 0 Å². The van der Waals surface area contributed by atoms with E-state index in [0.717, 1.165) is 0 Å². The molecular formula is C11H14Cl2O3. The molecule has 0 fully saturated rings. The Bertz CT molecular complexity index is 355. The summed E-state index contributed by atoms with van der Waals surface area (Å²) in [5.41, 5.74) is 0. The van der Waals surface area contributed by atoms with Crippen LogP contribution in [-0.4, -0.2) is 24.9 Å². The lowest BCUT2D eigenvalue weighted by atomic mass is 10.3. The first kappa shape index (κ1) is 13.4. The fourth-order valence-corrected chi connectivity index (χ4v) is 1.39. The van der Waals surface area contributed by atoms with Gasteiger partial charge in [-0.2, -0.15) is 0 Å². The van der Waals surface area contributed by atoms with Gasteiger partial charge < -0.3 is 14.6 Å². The number of methoxy groups -OCH3 is 1. The standard InChI is InChI=1S/C11H14Cl2O3/c1-3-7(14)6-16-11-5-9(13)8(12)4-10(11)15-2/h4-5,7,14H,3,6H2,1-2H3. The van der Waals surface area contributed by atoms with Crippen LogP contribution in [0.4, 0.5) is 0 Å². The molecule has 1 aromatic carbocycles. The quantitative estimate of drug-likeness (QED) is 0.888. The van der Waals surface area contributed by atoms with E-state index in [1.54, 1.807) is 12.1 Å². The number of benzene rings is 1. The minimum Gasteiger partial charge on any atom is -0.493 e. The predicted octanol–water partition coefficient (Wildman–Crippen LogP) is 3.15. The second-order valence-corrected chi connectivity index (χ2v) is 4.10. The second kappa shape index (κ2) is 6.18. The monoisotopic (exact) mass is 264 g/mol. The molecule has 0 spiro atoms. The van der Waals surface area contributed by atoms with Crippen molar-refractivity contribution in [2.75, 3.05) is 13.7 Å². The van der Waals surface area contributed by atoms with Gasteiger partial charge in [0.1, 0.15) is 6.61 Å². The molecule has 1 aromatic rings. The highest BCUT2D eigenvalue weighted by Gasteiger charge is 2.10. The van der Waals surface area contributed by atoms with Crippen LogP contribution in [0.15, 0.2) is 12.1 Å². The average molecular weight is 265 g/mol. The molecule has 0 bridgehead atoms. The lowest BCUT2D eigenvalue weighted by Crippen LogP contribution is -2.16. The van der Waals surface area contributed by atoms with Gasteiger partial charge in [-0.15, -0.1) is 0 Å². The molecule has 0 saturated heterocycles. The van der Waals surface area contributed by atoms with Crippen molar-refractivity contribution in [3.63, 3.8) is 0 Å². The molecule has 1 N–H and O–H groups in total. The van der Waals surface area contributed by atoms with Crippen LogP contribution < -0.4 is 9.47 Å². The molecule has 1 unspecified atom stereocenters. The van der Waals surface area contributed by atoms with Gasteiger partial charge in [-0.25, -0.2) is 0 Å². The van der Waals surface area contributed by atoms with Gasteiger partial charge in [0.15, 0.2) is 11.5 Å². The van der Waals surface area contributed by atoms with Crippen molar-refractivity contribution < 1.29 is 14.6 Å². The van der Waals surface area contributed by atoms with Crippen LogP contribution in [0.5, 0.6) is 11.5 Å². The zero-order valence-electron chi connectivity index (χ0n) is 9.17. The Kier molecular flexibility index (Phi) is 5.19. The largest absolute Gasteiger partial charge is 0.493 e. The Morgan fingerprint density at radius 1 is 1.25 bits per heavy atom. The fourth-order valence-electron chi connectivity index (χ4n) is 1.09. The molecule has 0 aliphatic rings. The number of ether oxygens (including phenoxy) is 2. The van der Waals surface area contributed by atoms with E-state index in [-0.39, 0.29) is 6.61 Å². The summed E-state index contributed by atoms with van der Waals surface area (Å²) in [6.45, 7) is 2.07. The maximum atomic E-state index is 9.38. The minimum absolute atomic E-state index is 0.199. The molecule has 0 aromatic heterocycles. The molecule has 0 aliphatic heterocycles. The Hall–Kier alpha value is -0.640. The van der Waals surface area contributed by atoms with Crippen LogP contribution in [0.25, 0.3) is 0 Å². The summed E-state index contributed by atoms with van der Waals surface area (Å²) in [5.74, 6) is 0.974. The van der Waals surface area contributed by atoms with Crippen molar-refractivity contribution in [2.24, 2.45) is 0 Å². The average Bonchev–Trinajstić information content (AvgIpc) is 2.29. The molecule has 3 nitrogen and oxygen atoms in total. The minimum atomic E-state index is -0.501. The number of aliphatic hydroxyl groups is 1. The Labute approximate surface area is 105 Å². The number of rotatable bonds is 5. The number of aliphatic hydroxyl groups excluding tert-OH is 1. The zero-order chi connectivity index (χ0) is 12.1. The molecule has 0 radical (unpaired) electrons. The van der Waals surface area contributed by atoms with E-state index in [9.17, 15) is 5.11 Å². The lowest BCUT2D eigenvalue weighted by molar-refractivity contribution is 0.102. The van der Waals surface area contributed by atoms with Crippen molar-refractivity contribution in [3.8, 4) is 11.5 Å². The molecule has 16 heavy (non-hydrogen) atoms. The van der Waals surface area contributed by atoms with Crippen LogP contribution in [0.1, 0.15) is 13.3 Å². The van der Waals surface area contributed by atoms with Crippen molar-refractivity contribution >= 4 is 23.2 Å². The summed E-state index contributed by atoms with van der Waals surface area (Å²) < 4.78 is 10.5. The first-order valence-corrected chi connectivity index (χ1v) is 5.68. The van der Waals surface area contributed by atoms with E-state index in [1.807, 2.05) is 6.92 Å². The van der Waals surface area contributed by atoms with E-state index in [4.69, 9.17) is 32.7 Å². The summed E-state index contributed by atoms with van der Waals surface area (Å²) in [5, 5.41) is 10.2. The first-order valence-electron chi connectivity index (χ1n) is 4.92. The van der Waals surface area contributed by atoms with Crippen molar-refractivity contribution in [1.29, 1.82) is 0 Å². The topological polar surface area (TPSA) is 38.7 Å². The maximum absolute atomic E-state index is 9.38. The second-order valence-electron chi connectivity index (χ2n) is 3.29. The van der Waals surface area contributed by atoms with Crippen LogP contribution >= 0.6 is 23.2 Å². The third-order valence-corrected chi connectivity index (χ3v) is 2.83. The molecule has 0 heterocycles. The Balaban J connectivity index is 2.81. The van der Waals surface area contributed by atoms with Gasteiger partial charge in [0.25, 0.3) is 0 Å². The number of halogens is 2. The van der Waals surface area contributed by atoms with Crippen molar-refractivity contribution in [1.82, 2.24) is 0 Å². The number of hydrogen-bond acceptors (Lipinski definition) is 3. The molecule has 0 amide bonds. The Morgan fingerprint density at radius 3 is 2.31 bits per heavy atom. The van der Waals surface area contributed by atoms with Crippen LogP contribution in [0.3, 0.4) is 0 Å². The van der Waals surface area contributed by atoms with E-state index >= 15 is 0 Å². The van der Waals surface area contributed by atoms with Gasteiger partial charge in [0, 0.05) is 12.1 Å². The molecule has 1 atom stereocenters. The molecule has 1 rings (SSSR count). The van der Waals surface area contributed by atoms with Gasteiger partial charge in [-0.05, 0) is 6.42 Å². The zero-order valence-corrected chi connectivity index (χ0v) is 10.7. The summed E-state index contributed by atoms with van der Waals surface area (Å²) in [6, 6.07) is 3.16. The van der Waals surface area contributed by atoms with Gasteiger partial charge >= 0.3 is 0 Å². The van der Waals surface area contributed by atoms with E-state index in [0.29, 0.717) is 28.0 Å². The fraction of sp³-hybridized carbons (Fsp3) is 0.455. The predicted molar refractivity (Wildman–Crippen MR) is 64.8 cm³/mol. The molecule has 5 heteroatoms. The highest BCUT2D eigenvalue weighted by atomic mass is 35.5. The smallest absolute Gasteiger partial charge is 0.162 e. The highest BCUT2D eigenvalue weighted by Crippen LogP contribution is 2.35. The van der Waals surface area contributed by atoms with Gasteiger partial charge in [0.05, 0.1) is 23.3 Å². The van der Waals surface area contributed by atoms with Gasteiger partial charge in [-0.1, -0.05) is 30.1 Å². The summed E-state index contributed by atoms with van der Waals surface area (Å²) in [6.07, 6.45) is 0.128. The molecule has 0 aliphatic carbocycles. The van der Waals surface area contributed by atoms with E-state index in [2.05, 4.69) is 0 Å². The van der Waals surface area contributed by atoms with E-state index < -0.39 is 6.10 Å². The van der Waals surface area contributed by atoms with Crippen LogP contribution in [0, 0.1) is 0 Å². The lowest BCUT2D eigenvalue weighted by Gasteiger charge is -2.14. The van der Waals surface area contributed by atoms with E-state index in [1.165, 1.54) is 7.11 Å². The molecule has 90 valence electrons. The highest BCUT2D eigenvalue weighted by molar-refractivity contribution is 6.42.